The van der Waals surface area contributed by atoms with Gasteiger partial charge in [-0.3, -0.25) is 0 Å². The fourth-order valence-electron chi connectivity index (χ4n) is 0.713. The first-order chi connectivity index (χ1) is 9.24. The molecular weight excluding hydrogens is 252 g/mol. The normalized spacial score (nSPS) is 9.16. The van der Waals surface area contributed by atoms with Crippen LogP contribution in [0.5, 0.6) is 0 Å². The summed E-state index contributed by atoms with van der Waals surface area (Å²) in [4.78, 5) is 0. The van der Waals surface area contributed by atoms with Gasteiger partial charge in [0.25, 0.3) is 0 Å². The summed E-state index contributed by atoms with van der Waals surface area (Å²) in [5.41, 5.74) is 0. The SMILES string of the molecule is CCCCOCCO.CCOCCO.COCCO. The summed E-state index contributed by atoms with van der Waals surface area (Å²) in [6.45, 7) is 7.29. The second-order valence-corrected chi connectivity index (χ2v) is 3.33. The molecule has 0 radical (unpaired) electrons. The molecule has 0 aliphatic heterocycles. The highest BCUT2D eigenvalue weighted by Crippen LogP contribution is 1.85. The van der Waals surface area contributed by atoms with Gasteiger partial charge < -0.3 is 29.5 Å². The molecule has 0 unspecified atom stereocenters. The van der Waals surface area contributed by atoms with Crippen LogP contribution in [0.4, 0.5) is 0 Å². The topological polar surface area (TPSA) is 88.4 Å². The number of methoxy groups -OCH3 is 1. The van der Waals surface area contributed by atoms with Gasteiger partial charge in [-0.25, -0.2) is 0 Å². The molecule has 0 atom stereocenters. The Labute approximate surface area is 117 Å². The third kappa shape index (κ3) is 46.3. The van der Waals surface area contributed by atoms with Crippen molar-refractivity contribution in [2.45, 2.75) is 26.7 Å². The Bertz CT molecular complexity index is 101. The predicted octanol–water partition coefficient (Wildman–Crippen LogP) is 0.436. The zero-order valence-electron chi connectivity index (χ0n) is 12.6. The van der Waals surface area contributed by atoms with Crippen molar-refractivity contribution >= 4 is 0 Å². The number of hydrogen-bond acceptors (Lipinski definition) is 6. The van der Waals surface area contributed by atoms with Gasteiger partial charge >= 0.3 is 0 Å². The number of ether oxygens (including phenoxy) is 3. The maximum absolute atomic E-state index is 8.24. The second kappa shape index (κ2) is 30.6. The van der Waals surface area contributed by atoms with Crippen molar-refractivity contribution < 1.29 is 29.5 Å². The minimum atomic E-state index is 0.122. The zero-order valence-corrected chi connectivity index (χ0v) is 12.6. The molecule has 0 aromatic rings. The molecule has 6 nitrogen and oxygen atoms in total. The Morgan fingerprint density at radius 3 is 1.53 bits per heavy atom. The molecular formula is C13H32O6. The van der Waals surface area contributed by atoms with E-state index in [1.54, 1.807) is 7.11 Å². The minimum Gasteiger partial charge on any atom is -0.394 e. The van der Waals surface area contributed by atoms with E-state index in [2.05, 4.69) is 11.7 Å². The van der Waals surface area contributed by atoms with E-state index in [0.717, 1.165) is 19.4 Å². The molecule has 0 bridgehead atoms. The highest BCUT2D eigenvalue weighted by atomic mass is 16.5. The maximum atomic E-state index is 8.24. The van der Waals surface area contributed by atoms with Gasteiger partial charge in [0.15, 0.2) is 0 Å². The van der Waals surface area contributed by atoms with Crippen LogP contribution in [-0.4, -0.2) is 75.3 Å². The first-order valence-electron chi connectivity index (χ1n) is 6.71. The average molecular weight is 284 g/mol. The summed E-state index contributed by atoms with van der Waals surface area (Å²) in [5, 5.41) is 24.3. The van der Waals surface area contributed by atoms with Crippen molar-refractivity contribution in [3.8, 4) is 0 Å². The summed E-state index contributed by atoms with van der Waals surface area (Å²) >= 11 is 0. The summed E-state index contributed by atoms with van der Waals surface area (Å²) in [7, 11) is 1.55. The molecule has 0 aromatic carbocycles. The Hall–Kier alpha value is -0.240. The van der Waals surface area contributed by atoms with Gasteiger partial charge in [-0.1, -0.05) is 13.3 Å². The Kier molecular flexibility index (Phi) is 38.4. The maximum Gasteiger partial charge on any atom is 0.0697 e. The summed E-state index contributed by atoms with van der Waals surface area (Å²) in [5.74, 6) is 0. The van der Waals surface area contributed by atoms with Gasteiger partial charge in [-0.05, 0) is 13.3 Å². The van der Waals surface area contributed by atoms with Gasteiger partial charge in [-0.15, -0.1) is 0 Å². The molecule has 0 heterocycles. The van der Waals surface area contributed by atoms with Crippen molar-refractivity contribution in [1.82, 2.24) is 0 Å². The molecule has 0 aromatic heterocycles. The van der Waals surface area contributed by atoms with E-state index >= 15 is 0 Å². The van der Waals surface area contributed by atoms with Gasteiger partial charge in [0.1, 0.15) is 0 Å². The van der Waals surface area contributed by atoms with Gasteiger partial charge in [0.05, 0.1) is 39.6 Å². The van der Waals surface area contributed by atoms with E-state index in [1.165, 1.54) is 0 Å². The quantitative estimate of drug-likeness (QED) is 0.504. The van der Waals surface area contributed by atoms with E-state index in [0.29, 0.717) is 26.4 Å². The first kappa shape index (κ1) is 23.8. The lowest BCUT2D eigenvalue weighted by molar-refractivity contribution is 0.0904. The Morgan fingerprint density at radius 2 is 1.26 bits per heavy atom. The van der Waals surface area contributed by atoms with Crippen LogP contribution < -0.4 is 0 Å². The van der Waals surface area contributed by atoms with Crippen LogP contribution in [0.3, 0.4) is 0 Å². The fraction of sp³-hybridized carbons (Fsp3) is 1.00. The molecule has 0 saturated carbocycles. The lowest BCUT2D eigenvalue weighted by Gasteiger charge is -1.97. The second-order valence-electron chi connectivity index (χ2n) is 3.33. The number of aliphatic hydroxyl groups excluding tert-OH is 3. The summed E-state index contributed by atoms with van der Waals surface area (Å²) in [6.07, 6.45) is 2.26. The average Bonchev–Trinajstić information content (AvgIpc) is 2.44. The van der Waals surface area contributed by atoms with Crippen LogP contribution in [-0.2, 0) is 14.2 Å². The van der Waals surface area contributed by atoms with Crippen molar-refractivity contribution in [1.29, 1.82) is 0 Å². The van der Waals surface area contributed by atoms with Crippen molar-refractivity contribution in [2.24, 2.45) is 0 Å². The van der Waals surface area contributed by atoms with Gasteiger partial charge in [-0.2, -0.15) is 0 Å². The molecule has 0 spiro atoms. The van der Waals surface area contributed by atoms with Crippen LogP contribution in [0.1, 0.15) is 26.7 Å². The van der Waals surface area contributed by atoms with E-state index in [-0.39, 0.29) is 19.8 Å². The molecule has 0 amide bonds. The molecule has 0 fully saturated rings. The van der Waals surface area contributed by atoms with E-state index in [9.17, 15) is 0 Å². The van der Waals surface area contributed by atoms with Gasteiger partial charge in [0.2, 0.25) is 0 Å². The lowest BCUT2D eigenvalue weighted by atomic mass is 10.4. The monoisotopic (exact) mass is 284 g/mol. The van der Waals surface area contributed by atoms with Crippen LogP contribution in [0.2, 0.25) is 0 Å². The van der Waals surface area contributed by atoms with Crippen LogP contribution >= 0.6 is 0 Å². The van der Waals surface area contributed by atoms with Crippen molar-refractivity contribution in [3.63, 3.8) is 0 Å². The van der Waals surface area contributed by atoms with Crippen molar-refractivity contribution in [3.05, 3.63) is 0 Å². The summed E-state index contributed by atoms with van der Waals surface area (Å²) < 4.78 is 14.1. The molecule has 0 rings (SSSR count). The molecule has 0 saturated heterocycles. The smallest absolute Gasteiger partial charge is 0.0697 e. The van der Waals surface area contributed by atoms with E-state index < -0.39 is 0 Å². The number of rotatable bonds is 10. The number of hydrogen-bond donors (Lipinski definition) is 3. The first-order valence-corrected chi connectivity index (χ1v) is 6.71. The number of aliphatic hydroxyl groups is 3. The van der Waals surface area contributed by atoms with Crippen LogP contribution in [0.15, 0.2) is 0 Å². The van der Waals surface area contributed by atoms with E-state index in [4.69, 9.17) is 24.8 Å². The predicted molar refractivity (Wildman–Crippen MR) is 75.4 cm³/mol. The molecule has 0 aliphatic rings. The zero-order chi connectivity index (χ0) is 15.2. The Balaban J connectivity index is -0.000000209. The standard InChI is InChI=1S/C6H14O2.C4H10O2.C3H8O2/c1-2-3-5-8-6-4-7;1-2-6-4-3-5;1-5-3-2-4/h7H,2-6H2,1H3;5H,2-4H2,1H3;4H,2-3H2,1H3. The molecule has 3 N–H and O–H groups in total. The van der Waals surface area contributed by atoms with Crippen LogP contribution in [0, 0.1) is 0 Å². The number of unbranched alkanes of at least 4 members (excludes halogenated alkanes) is 1. The highest BCUT2D eigenvalue weighted by molar-refractivity contribution is 4.30. The van der Waals surface area contributed by atoms with Crippen LogP contribution in [0.25, 0.3) is 0 Å². The minimum absolute atomic E-state index is 0.122. The Morgan fingerprint density at radius 1 is 0.737 bits per heavy atom. The molecule has 19 heavy (non-hydrogen) atoms. The highest BCUT2D eigenvalue weighted by Gasteiger charge is 1.82. The van der Waals surface area contributed by atoms with Gasteiger partial charge in [0, 0.05) is 20.3 Å². The summed E-state index contributed by atoms with van der Waals surface area (Å²) in [6, 6.07) is 0. The lowest BCUT2D eigenvalue weighted by Crippen LogP contribution is -1.99. The third-order valence-electron chi connectivity index (χ3n) is 1.61. The van der Waals surface area contributed by atoms with E-state index in [1.807, 2.05) is 6.92 Å². The fourth-order valence-corrected chi connectivity index (χ4v) is 0.713. The molecule has 6 heteroatoms. The largest absolute Gasteiger partial charge is 0.394 e. The molecule has 0 aliphatic carbocycles. The van der Waals surface area contributed by atoms with Crippen molar-refractivity contribution in [2.75, 3.05) is 60.0 Å². The molecule has 120 valence electrons. The third-order valence-corrected chi connectivity index (χ3v) is 1.61.